The molecule has 1 saturated heterocycles. The Morgan fingerprint density at radius 3 is 2.59 bits per heavy atom. The van der Waals surface area contributed by atoms with Gasteiger partial charge in [0.25, 0.3) is 5.91 Å². The molecule has 0 saturated carbocycles. The number of hydrogen-bond donors (Lipinski definition) is 1. The molecular formula is C25H26ClFN6O4S2. The average molecular weight is 593 g/mol. The van der Waals surface area contributed by atoms with Gasteiger partial charge in [0.2, 0.25) is 15.9 Å². The number of aromatic nitrogens is 2. The molecule has 2 aromatic heterocycles. The molecule has 0 aliphatic carbocycles. The fourth-order valence-corrected chi connectivity index (χ4v) is 6.84. The van der Waals surface area contributed by atoms with Crippen molar-refractivity contribution in [1.82, 2.24) is 19.2 Å². The SMILES string of the molecule is C/C(=C\S(=O)(=O)N(Cc1nccnc1N)[C@H]1CCN(c2ccc(C(=O)N(C)C)cc2F)C1=O)c1ccc(Cl)s1. The molecule has 0 spiro atoms. The third kappa shape index (κ3) is 6.11. The maximum Gasteiger partial charge on any atom is 0.253 e. The number of halogens is 2. The topological polar surface area (TPSA) is 130 Å². The van der Waals surface area contributed by atoms with Gasteiger partial charge in [-0.15, -0.1) is 11.3 Å². The number of nitrogens with zero attached hydrogens (tertiary/aromatic N) is 5. The van der Waals surface area contributed by atoms with Gasteiger partial charge in [-0.1, -0.05) is 11.6 Å². The number of nitrogens with two attached hydrogens (primary N) is 1. The number of benzene rings is 1. The number of rotatable bonds is 8. The van der Waals surface area contributed by atoms with Crippen molar-refractivity contribution >= 4 is 61.9 Å². The smallest absolute Gasteiger partial charge is 0.253 e. The van der Waals surface area contributed by atoms with E-state index in [1.165, 1.54) is 45.7 Å². The summed E-state index contributed by atoms with van der Waals surface area (Å²) in [5.41, 5.74) is 6.62. The monoisotopic (exact) mass is 592 g/mol. The molecule has 3 heterocycles. The van der Waals surface area contributed by atoms with Crippen molar-refractivity contribution in [3.63, 3.8) is 0 Å². The number of sulfonamides is 1. The fourth-order valence-electron chi connectivity index (χ4n) is 4.19. The van der Waals surface area contributed by atoms with Gasteiger partial charge < -0.3 is 15.5 Å². The molecule has 1 fully saturated rings. The lowest BCUT2D eigenvalue weighted by molar-refractivity contribution is -0.120. The lowest BCUT2D eigenvalue weighted by Crippen LogP contribution is -2.44. The Morgan fingerprint density at radius 1 is 1.26 bits per heavy atom. The van der Waals surface area contributed by atoms with E-state index in [2.05, 4.69) is 9.97 Å². The lowest BCUT2D eigenvalue weighted by Gasteiger charge is -2.26. The van der Waals surface area contributed by atoms with Gasteiger partial charge >= 0.3 is 0 Å². The molecule has 0 unspecified atom stereocenters. The van der Waals surface area contributed by atoms with Crippen LogP contribution >= 0.6 is 22.9 Å². The molecule has 39 heavy (non-hydrogen) atoms. The summed E-state index contributed by atoms with van der Waals surface area (Å²) in [4.78, 5) is 37.1. The first-order valence-corrected chi connectivity index (χ1v) is 14.4. The molecule has 1 atom stereocenters. The highest BCUT2D eigenvalue weighted by molar-refractivity contribution is 7.92. The van der Waals surface area contributed by atoms with E-state index in [-0.39, 0.29) is 48.2 Å². The van der Waals surface area contributed by atoms with Crippen LogP contribution in [0.5, 0.6) is 0 Å². The Kier molecular flexibility index (Phi) is 8.35. The van der Waals surface area contributed by atoms with Gasteiger partial charge in [-0.25, -0.2) is 17.8 Å². The molecule has 10 nitrogen and oxygen atoms in total. The molecule has 3 aromatic rings. The van der Waals surface area contributed by atoms with Crippen molar-refractivity contribution in [2.75, 3.05) is 31.3 Å². The van der Waals surface area contributed by atoms with Crippen LogP contribution in [0.1, 0.15) is 34.3 Å². The number of nitrogen functional groups attached to an aromatic ring is 1. The molecule has 2 amide bonds. The number of thiophene rings is 1. The molecule has 1 aliphatic heterocycles. The van der Waals surface area contributed by atoms with Gasteiger partial charge in [0.1, 0.15) is 17.7 Å². The van der Waals surface area contributed by atoms with E-state index in [4.69, 9.17) is 17.3 Å². The number of hydrogen-bond acceptors (Lipinski definition) is 8. The van der Waals surface area contributed by atoms with Crippen LogP contribution in [0.3, 0.4) is 0 Å². The van der Waals surface area contributed by atoms with E-state index >= 15 is 4.39 Å². The minimum atomic E-state index is -4.21. The zero-order valence-corrected chi connectivity index (χ0v) is 23.7. The highest BCUT2D eigenvalue weighted by atomic mass is 35.5. The number of amides is 2. The third-order valence-corrected chi connectivity index (χ3v) is 9.20. The maximum absolute atomic E-state index is 15.1. The van der Waals surface area contributed by atoms with Gasteiger partial charge in [0.15, 0.2) is 0 Å². The molecule has 1 aliphatic rings. The van der Waals surface area contributed by atoms with E-state index in [0.717, 1.165) is 15.8 Å². The van der Waals surface area contributed by atoms with Crippen molar-refractivity contribution in [2.45, 2.75) is 25.9 Å². The van der Waals surface area contributed by atoms with Gasteiger partial charge in [0, 0.05) is 43.5 Å². The van der Waals surface area contributed by atoms with Crippen molar-refractivity contribution in [2.24, 2.45) is 0 Å². The second-order valence-electron chi connectivity index (χ2n) is 9.04. The van der Waals surface area contributed by atoms with Crippen molar-refractivity contribution < 1.29 is 22.4 Å². The molecular weight excluding hydrogens is 567 g/mol. The third-order valence-electron chi connectivity index (χ3n) is 6.14. The summed E-state index contributed by atoms with van der Waals surface area (Å²) in [7, 11) is -1.12. The van der Waals surface area contributed by atoms with Gasteiger partial charge in [0.05, 0.1) is 27.7 Å². The highest BCUT2D eigenvalue weighted by Gasteiger charge is 2.42. The van der Waals surface area contributed by atoms with E-state index in [1.54, 1.807) is 33.2 Å². The van der Waals surface area contributed by atoms with Crippen LogP contribution in [0.2, 0.25) is 4.34 Å². The van der Waals surface area contributed by atoms with Crippen LogP contribution in [-0.4, -0.2) is 66.1 Å². The molecule has 0 bridgehead atoms. The van der Waals surface area contributed by atoms with Crippen LogP contribution in [0.4, 0.5) is 15.9 Å². The first-order valence-electron chi connectivity index (χ1n) is 11.7. The summed E-state index contributed by atoms with van der Waals surface area (Å²) < 4.78 is 44.0. The second kappa shape index (κ2) is 11.4. The minimum Gasteiger partial charge on any atom is -0.382 e. The zero-order chi connectivity index (χ0) is 28.5. The van der Waals surface area contributed by atoms with E-state index < -0.39 is 27.8 Å². The van der Waals surface area contributed by atoms with E-state index in [9.17, 15) is 18.0 Å². The lowest BCUT2D eigenvalue weighted by atomic mass is 10.1. The standard InChI is InChI=1S/C25H26ClFN6O4S2/c1-15(21-6-7-22(26)38-21)14-39(36,37)33(13-18-23(28)30-10-9-29-18)20-8-11-32(25(20)35)19-5-4-16(12-17(19)27)24(34)31(2)3/h4-7,9-10,12,14,20H,8,11,13H2,1-3H3,(H2,28,30)/b15-14+/t20-/m0/s1. The van der Waals surface area contributed by atoms with Gasteiger partial charge in [-0.05, 0) is 49.2 Å². The largest absolute Gasteiger partial charge is 0.382 e. The van der Waals surface area contributed by atoms with Crippen LogP contribution in [0, 0.1) is 5.82 Å². The summed E-state index contributed by atoms with van der Waals surface area (Å²) in [6.45, 7) is 1.37. The van der Waals surface area contributed by atoms with E-state index in [1.807, 2.05) is 0 Å². The maximum atomic E-state index is 15.1. The quantitative estimate of drug-likeness (QED) is 0.423. The van der Waals surface area contributed by atoms with E-state index in [0.29, 0.717) is 14.8 Å². The summed E-state index contributed by atoms with van der Waals surface area (Å²) in [6, 6.07) is 6.04. The summed E-state index contributed by atoms with van der Waals surface area (Å²) in [6.07, 6.45) is 2.84. The Labute approximate surface area is 234 Å². The van der Waals surface area contributed by atoms with Crippen molar-refractivity contribution in [3.05, 3.63) is 74.4 Å². The molecule has 0 radical (unpaired) electrons. The molecule has 1 aromatic carbocycles. The minimum absolute atomic E-state index is 0.0259. The number of allylic oxidation sites excluding steroid dienone is 1. The summed E-state index contributed by atoms with van der Waals surface area (Å²) in [5.74, 6) is -1.75. The van der Waals surface area contributed by atoms with Crippen LogP contribution in [0.25, 0.3) is 5.57 Å². The van der Waals surface area contributed by atoms with Gasteiger partial charge in [-0.3, -0.25) is 14.6 Å². The van der Waals surface area contributed by atoms with Crippen LogP contribution < -0.4 is 10.6 Å². The predicted molar refractivity (Wildman–Crippen MR) is 149 cm³/mol. The second-order valence-corrected chi connectivity index (χ2v) is 12.5. The van der Waals surface area contributed by atoms with Crippen molar-refractivity contribution in [1.29, 1.82) is 0 Å². The Hall–Kier alpha value is -3.39. The summed E-state index contributed by atoms with van der Waals surface area (Å²) >= 11 is 7.24. The predicted octanol–water partition coefficient (Wildman–Crippen LogP) is 3.61. The molecule has 4 rings (SSSR count). The highest BCUT2D eigenvalue weighted by Crippen LogP contribution is 2.32. The van der Waals surface area contributed by atoms with Gasteiger partial charge in [-0.2, -0.15) is 4.31 Å². The fraction of sp³-hybridized carbons (Fsp3) is 0.280. The molecule has 2 N–H and O–H groups in total. The zero-order valence-electron chi connectivity index (χ0n) is 21.3. The Bertz CT molecular complexity index is 1560. The molecule has 206 valence electrons. The normalized spacial score (nSPS) is 16.3. The molecule has 14 heteroatoms. The first kappa shape index (κ1) is 28.6. The van der Waals surface area contributed by atoms with Crippen LogP contribution in [-0.2, 0) is 21.4 Å². The van der Waals surface area contributed by atoms with Crippen LogP contribution in [0.15, 0.2) is 48.1 Å². The number of anilines is 2. The Balaban J connectivity index is 1.69. The number of carbonyl (C=O) groups is 2. The Morgan fingerprint density at radius 2 is 1.97 bits per heavy atom. The average Bonchev–Trinajstić information content (AvgIpc) is 3.48. The van der Waals surface area contributed by atoms with Crippen molar-refractivity contribution in [3.8, 4) is 0 Å². The first-order chi connectivity index (χ1) is 18.4. The summed E-state index contributed by atoms with van der Waals surface area (Å²) in [5, 5.41) is 1.07. The number of carbonyl (C=O) groups excluding carboxylic acids is 2.